The summed E-state index contributed by atoms with van der Waals surface area (Å²) in [5.41, 5.74) is 6.87. The van der Waals surface area contributed by atoms with E-state index in [1.54, 1.807) is 6.07 Å². The molecule has 4 rings (SSSR count). The average molecular weight is 315 g/mol. The fraction of sp³-hybridized carbons (Fsp3) is 0. The molecule has 0 fully saturated rings. The van der Waals surface area contributed by atoms with E-state index in [2.05, 4.69) is 15.5 Å². The van der Waals surface area contributed by atoms with Crippen molar-refractivity contribution in [1.82, 2.24) is 5.43 Å². The SMILES string of the molecule is Fc1ccc2c(c1)C(c1ccccc1)=NNC(c1ccccc1)=N2. The number of benzene rings is 3. The van der Waals surface area contributed by atoms with Crippen LogP contribution in [0, 0.1) is 5.82 Å². The van der Waals surface area contributed by atoms with Crippen LogP contribution in [0.2, 0.25) is 0 Å². The van der Waals surface area contributed by atoms with Gasteiger partial charge in [-0.15, -0.1) is 0 Å². The number of hydrazone groups is 1. The molecule has 1 aliphatic rings. The Bertz CT molecular complexity index is 932. The lowest BCUT2D eigenvalue weighted by atomic mass is 10.0. The highest BCUT2D eigenvalue weighted by atomic mass is 19.1. The zero-order valence-electron chi connectivity index (χ0n) is 12.8. The Kier molecular flexibility index (Phi) is 3.63. The summed E-state index contributed by atoms with van der Waals surface area (Å²) in [7, 11) is 0. The van der Waals surface area contributed by atoms with Crippen LogP contribution in [0.25, 0.3) is 0 Å². The molecule has 1 heterocycles. The number of rotatable bonds is 2. The van der Waals surface area contributed by atoms with E-state index >= 15 is 0 Å². The highest BCUT2D eigenvalue weighted by Crippen LogP contribution is 2.26. The van der Waals surface area contributed by atoms with E-state index in [1.807, 2.05) is 60.7 Å². The lowest BCUT2D eigenvalue weighted by Crippen LogP contribution is -2.19. The standard InChI is InChI=1S/C20H14FN3/c21-16-11-12-18-17(13-16)19(14-7-3-1-4-8-14)23-24-20(22-18)15-9-5-2-6-10-15/h1-13H,(H,22,24). The van der Waals surface area contributed by atoms with Crippen molar-refractivity contribution in [2.75, 3.05) is 0 Å². The minimum Gasteiger partial charge on any atom is -0.260 e. The van der Waals surface area contributed by atoms with Gasteiger partial charge in [-0.25, -0.2) is 9.38 Å². The number of hydrogen-bond donors (Lipinski definition) is 1. The van der Waals surface area contributed by atoms with Crippen LogP contribution in [0.15, 0.2) is 89.0 Å². The number of fused-ring (bicyclic) bond motifs is 1. The molecule has 24 heavy (non-hydrogen) atoms. The maximum atomic E-state index is 13.8. The molecule has 0 unspecified atom stereocenters. The molecule has 0 saturated heterocycles. The molecule has 3 aromatic carbocycles. The van der Waals surface area contributed by atoms with Gasteiger partial charge in [-0.05, 0) is 18.2 Å². The third-order valence-corrected chi connectivity index (χ3v) is 3.81. The van der Waals surface area contributed by atoms with E-state index in [-0.39, 0.29) is 5.82 Å². The van der Waals surface area contributed by atoms with Crippen LogP contribution >= 0.6 is 0 Å². The molecule has 116 valence electrons. The van der Waals surface area contributed by atoms with Gasteiger partial charge in [0, 0.05) is 16.7 Å². The fourth-order valence-electron chi connectivity index (χ4n) is 2.65. The molecule has 1 N–H and O–H groups in total. The normalized spacial score (nSPS) is 13.2. The lowest BCUT2D eigenvalue weighted by molar-refractivity contribution is 0.627. The first-order chi connectivity index (χ1) is 11.8. The van der Waals surface area contributed by atoms with Crippen LogP contribution < -0.4 is 5.43 Å². The molecule has 1 aliphatic heterocycles. The molecule has 3 nitrogen and oxygen atoms in total. The number of hydrogen-bond acceptors (Lipinski definition) is 3. The highest BCUT2D eigenvalue weighted by Gasteiger charge is 2.17. The van der Waals surface area contributed by atoms with Crippen LogP contribution in [0.4, 0.5) is 10.1 Å². The second-order valence-electron chi connectivity index (χ2n) is 5.43. The van der Waals surface area contributed by atoms with Crippen LogP contribution in [-0.4, -0.2) is 11.5 Å². The first-order valence-corrected chi connectivity index (χ1v) is 7.64. The first-order valence-electron chi connectivity index (χ1n) is 7.64. The zero-order chi connectivity index (χ0) is 16.4. The molecule has 0 atom stereocenters. The van der Waals surface area contributed by atoms with E-state index in [0.717, 1.165) is 11.1 Å². The summed E-state index contributed by atoms with van der Waals surface area (Å²) < 4.78 is 13.8. The summed E-state index contributed by atoms with van der Waals surface area (Å²) >= 11 is 0. The van der Waals surface area contributed by atoms with Crippen LogP contribution in [-0.2, 0) is 0 Å². The maximum absolute atomic E-state index is 13.8. The number of aliphatic imine (C=N–C) groups is 1. The summed E-state index contributed by atoms with van der Waals surface area (Å²) in [5, 5.41) is 4.50. The Morgan fingerprint density at radius 1 is 0.750 bits per heavy atom. The van der Waals surface area contributed by atoms with Gasteiger partial charge in [0.1, 0.15) is 11.5 Å². The van der Waals surface area contributed by atoms with Gasteiger partial charge in [0.2, 0.25) is 0 Å². The molecule has 0 amide bonds. The predicted octanol–water partition coefficient (Wildman–Crippen LogP) is 4.26. The number of halogens is 1. The van der Waals surface area contributed by atoms with E-state index in [1.165, 1.54) is 12.1 Å². The molecule has 0 aliphatic carbocycles. The van der Waals surface area contributed by atoms with Crippen LogP contribution in [0.1, 0.15) is 16.7 Å². The van der Waals surface area contributed by atoms with E-state index < -0.39 is 0 Å². The van der Waals surface area contributed by atoms with Crippen molar-refractivity contribution < 1.29 is 4.39 Å². The average Bonchev–Trinajstić information content (AvgIpc) is 2.82. The van der Waals surface area contributed by atoms with Crippen molar-refractivity contribution in [2.24, 2.45) is 10.1 Å². The van der Waals surface area contributed by atoms with Crippen molar-refractivity contribution in [1.29, 1.82) is 0 Å². The summed E-state index contributed by atoms with van der Waals surface area (Å²) in [6.07, 6.45) is 0. The molecule has 0 spiro atoms. The van der Waals surface area contributed by atoms with Gasteiger partial charge in [-0.3, -0.25) is 5.43 Å². The Morgan fingerprint density at radius 2 is 1.42 bits per heavy atom. The summed E-state index contributed by atoms with van der Waals surface area (Å²) in [6, 6.07) is 24.0. The number of nitrogens with zero attached hydrogens (tertiary/aromatic N) is 2. The van der Waals surface area contributed by atoms with Gasteiger partial charge < -0.3 is 0 Å². The third kappa shape index (κ3) is 2.70. The molecule has 0 bridgehead atoms. The van der Waals surface area contributed by atoms with Crippen LogP contribution in [0.3, 0.4) is 0 Å². The third-order valence-electron chi connectivity index (χ3n) is 3.81. The van der Waals surface area contributed by atoms with Crippen molar-refractivity contribution in [3.05, 3.63) is 101 Å². The van der Waals surface area contributed by atoms with Crippen molar-refractivity contribution in [3.8, 4) is 0 Å². The van der Waals surface area contributed by atoms with Gasteiger partial charge >= 0.3 is 0 Å². The second kappa shape index (κ2) is 6.08. The molecule has 0 saturated carbocycles. The fourth-order valence-corrected chi connectivity index (χ4v) is 2.65. The molecule has 0 radical (unpaired) electrons. The monoisotopic (exact) mass is 315 g/mol. The van der Waals surface area contributed by atoms with Crippen molar-refractivity contribution in [2.45, 2.75) is 0 Å². The van der Waals surface area contributed by atoms with Crippen LogP contribution in [0.5, 0.6) is 0 Å². The highest BCUT2D eigenvalue weighted by molar-refractivity contribution is 6.17. The summed E-state index contributed by atoms with van der Waals surface area (Å²) in [5.74, 6) is 0.324. The molecule has 4 heteroatoms. The number of nitrogens with one attached hydrogen (secondary N) is 1. The van der Waals surface area contributed by atoms with Gasteiger partial charge in [0.05, 0.1) is 5.69 Å². The minimum absolute atomic E-state index is 0.309. The minimum atomic E-state index is -0.309. The van der Waals surface area contributed by atoms with Gasteiger partial charge in [0.25, 0.3) is 0 Å². The molecule has 3 aromatic rings. The quantitative estimate of drug-likeness (QED) is 0.754. The van der Waals surface area contributed by atoms with E-state index in [4.69, 9.17) is 0 Å². The lowest BCUT2D eigenvalue weighted by Gasteiger charge is -2.07. The number of amidine groups is 1. The second-order valence-corrected chi connectivity index (χ2v) is 5.43. The smallest absolute Gasteiger partial charge is 0.154 e. The van der Waals surface area contributed by atoms with E-state index in [9.17, 15) is 4.39 Å². The molecular formula is C20H14FN3. The maximum Gasteiger partial charge on any atom is 0.154 e. The Labute approximate surface area is 139 Å². The Balaban J connectivity index is 1.89. The Hall–Kier alpha value is -3.27. The summed E-state index contributed by atoms with van der Waals surface area (Å²) in [4.78, 5) is 4.65. The van der Waals surface area contributed by atoms with Crippen molar-refractivity contribution >= 4 is 17.2 Å². The molecular weight excluding hydrogens is 301 g/mol. The van der Waals surface area contributed by atoms with Gasteiger partial charge in [-0.1, -0.05) is 60.7 Å². The largest absolute Gasteiger partial charge is 0.260 e. The first kappa shape index (κ1) is 14.3. The predicted molar refractivity (Wildman–Crippen MR) is 94.3 cm³/mol. The van der Waals surface area contributed by atoms with E-state index in [0.29, 0.717) is 22.8 Å². The Morgan fingerprint density at radius 3 is 2.12 bits per heavy atom. The van der Waals surface area contributed by atoms with Gasteiger partial charge in [0.15, 0.2) is 5.84 Å². The summed E-state index contributed by atoms with van der Waals surface area (Å²) in [6.45, 7) is 0. The van der Waals surface area contributed by atoms with Gasteiger partial charge in [-0.2, -0.15) is 5.10 Å². The topological polar surface area (TPSA) is 36.8 Å². The zero-order valence-corrected chi connectivity index (χ0v) is 12.8. The molecule has 0 aromatic heterocycles. The van der Waals surface area contributed by atoms with Crippen molar-refractivity contribution in [3.63, 3.8) is 0 Å².